The normalized spacial score (nSPS) is 12.7. The minimum absolute atomic E-state index is 0.0255. The van der Waals surface area contributed by atoms with Crippen LogP contribution in [0.3, 0.4) is 0 Å². The van der Waals surface area contributed by atoms with Crippen molar-refractivity contribution in [3.05, 3.63) is 381 Å². The van der Waals surface area contributed by atoms with Crippen LogP contribution in [0.2, 0.25) is 39.3 Å². The highest BCUT2D eigenvalue weighted by atomic mass is 28.3. The first-order chi connectivity index (χ1) is 50.9. The van der Waals surface area contributed by atoms with Crippen LogP contribution < -0.4 is 10.6 Å². The van der Waals surface area contributed by atoms with E-state index < -0.39 is 16.1 Å². The summed E-state index contributed by atoms with van der Waals surface area (Å²) in [5.74, 6) is 22.2. The van der Waals surface area contributed by atoms with Gasteiger partial charge in [0.2, 0.25) is 0 Å². The van der Waals surface area contributed by atoms with Crippen LogP contribution in [0.1, 0.15) is 130 Å². The monoisotopic (exact) mass is 1390 g/mol. The molecule has 7 heteroatoms. The Morgan fingerprint density at radius 3 is 0.895 bits per heavy atom. The highest BCUT2D eigenvalue weighted by molar-refractivity contribution is 6.84. The maximum atomic E-state index is 5.55. The second kappa shape index (κ2) is 34.3. The van der Waals surface area contributed by atoms with Gasteiger partial charge in [-0.2, -0.15) is 0 Å². The van der Waals surface area contributed by atoms with Gasteiger partial charge in [0.05, 0.1) is 18.6 Å². The maximum Gasteiger partial charge on any atom is 0.130 e. The summed E-state index contributed by atoms with van der Waals surface area (Å²) in [5.41, 5.74) is 30.3. The van der Waals surface area contributed by atoms with Crippen LogP contribution in [0.25, 0.3) is 44.5 Å². The molecule has 0 unspecified atom stereocenters. The van der Waals surface area contributed by atoms with E-state index in [2.05, 4.69) is 428 Å². The van der Waals surface area contributed by atoms with E-state index in [0.29, 0.717) is 6.54 Å². The van der Waals surface area contributed by atoms with E-state index in [4.69, 9.17) is 15.0 Å². The van der Waals surface area contributed by atoms with Gasteiger partial charge in [0, 0.05) is 62.8 Å². The lowest BCUT2D eigenvalue weighted by Gasteiger charge is -2.24. The molecule has 2 N–H and O–H groups in total. The quantitative estimate of drug-likeness (QED) is 0.0413. The molecule has 0 spiro atoms. The average Bonchev–Trinajstić information content (AvgIpc) is 0.780. The number of nitrogens with one attached hydrogen (secondary N) is 2. The molecule has 0 aliphatic heterocycles. The summed E-state index contributed by atoms with van der Waals surface area (Å²) in [6, 6.07) is 106. The van der Waals surface area contributed by atoms with E-state index in [1.807, 2.05) is 6.21 Å². The van der Waals surface area contributed by atoms with E-state index in [-0.39, 0.29) is 24.2 Å². The molecule has 0 saturated carbocycles. The third-order valence-electron chi connectivity index (χ3n) is 18.1. The van der Waals surface area contributed by atoms with Gasteiger partial charge in [-0.15, -0.1) is 11.1 Å². The Balaban J connectivity index is 0.737. The Labute approximate surface area is 625 Å². The van der Waals surface area contributed by atoms with Crippen LogP contribution in [-0.4, -0.2) is 34.0 Å². The zero-order valence-corrected chi connectivity index (χ0v) is 63.8. The maximum absolute atomic E-state index is 5.55. The zero-order chi connectivity index (χ0) is 73.1. The van der Waals surface area contributed by atoms with Crippen LogP contribution in [0.4, 0.5) is 0 Å². The predicted octanol–water partition coefficient (Wildman–Crippen LogP) is 22.9. The van der Waals surface area contributed by atoms with E-state index in [9.17, 15) is 0 Å². The van der Waals surface area contributed by atoms with Crippen LogP contribution in [-0.2, 0) is 6.54 Å². The van der Waals surface area contributed by atoms with Gasteiger partial charge in [-0.3, -0.25) is 15.0 Å². The molecule has 0 heterocycles. The number of rotatable bonds is 17. The topological polar surface area (TPSA) is 61.1 Å². The van der Waals surface area contributed by atoms with E-state index >= 15 is 0 Å². The fourth-order valence-electron chi connectivity index (χ4n) is 12.3. The van der Waals surface area contributed by atoms with Crippen LogP contribution >= 0.6 is 0 Å². The van der Waals surface area contributed by atoms with Crippen molar-refractivity contribution in [3.63, 3.8) is 0 Å². The van der Waals surface area contributed by atoms with Gasteiger partial charge in [0.15, 0.2) is 0 Å². The van der Waals surface area contributed by atoms with Crippen molar-refractivity contribution in [1.29, 1.82) is 0 Å². The molecule has 0 aliphatic carbocycles. The molecule has 105 heavy (non-hydrogen) atoms. The molecule has 0 fully saturated rings. The van der Waals surface area contributed by atoms with E-state index in [1.165, 1.54) is 11.1 Å². The SMILES string of the molecule is C[C@@H](N=C(N[C@H](C)c1ccccc1)c1c(-c2ccc(C#Cc3ccc(C=NCc4ccc(C#Cc5ccc(-c6cccc(-c7ccc(C#C[Si](C)(C)C)cc7)c6C(=N[C@H](C)c6ccccc6)N[C@H](C)c6ccccc6)cc5)cc4)cc3)cc2)cccc1-c1ccc(C#C[Si](C)(C)C)cc1)c1ccccc1. The molecule has 0 amide bonds. The first-order valence-corrected chi connectivity index (χ1v) is 43.3. The summed E-state index contributed by atoms with van der Waals surface area (Å²) in [5, 5.41) is 7.84. The van der Waals surface area contributed by atoms with Crippen molar-refractivity contribution >= 4 is 34.0 Å². The minimum Gasteiger partial charge on any atom is -0.363 e. The van der Waals surface area contributed by atoms with E-state index in [1.54, 1.807) is 0 Å². The zero-order valence-electron chi connectivity index (χ0n) is 61.8. The fraction of sp³-hybridized carbons (Fsp3) is 0.153. The molecule has 0 aliphatic rings. The van der Waals surface area contributed by atoms with Crippen molar-refractivity contribution in [3.8, 4) is 91.1 Å². The smallest absolute Gasteiger partial charge is 0.130 e. The number of hydrogen-bond acceptors (Lipinski definition) is 3. The lowest BCUT2D eigenvalue weighted by atomic mass is 9.89. The number of aliphatic imine (C=N–C) groups is 3. The van der Waals surface area contributed by atoms with Crippen molar-refractivity contribution in [2.24, 2.45) is 15.0 Å². The van der Waals surface area contributed by atoms with Gasteiger partial charge >= 0.3 is 0 Å². The summed E-state index contributed by atoms with van der Waals surface area (Å²) in [6.45, 7) is 22.9. The highest BCUT2D eigenvalue weighted by Gasteiger charge is 2.24. The van der Waals surface area contributed by atoms with Crippen molar-refractivity contribution in [1.82, 2.24) is 10.6 Å². The van der Waals surface area contributed by atoms with Gasteiger partial charge in [-0.05, 0) is 178 Å². The standard InChI is InChI=1S/C98H89N5Si2/c1-71(83-25-15-11-16-26-83)100-97(101-72(2)84-27-17-12-18-28-84)95-91(33-23-35-93(95)89-61-53-79(54-62-89)65-67-104(5,6)7)87-57-49-77(50-58-87)39-37-75-41-45-81(46-42-75)69-99-70-82-47-43-76(44-48-82)38-40-78-51-59-88(60-52-78)92-34-24-36-94(90-63-55-80(56-64-90)66-68-105(8,9)10)96(92)98(102-73(3)85-29-19-13-20-30-85)103-74(4)86-31-21-14-22-32-86/h11-36,41-64,69,71-74H,70H2,1-10H3,(H,100,101)(H,102,103)/t71-,72-,73-,74-/m1/s1. The number of hydrogen-bond donors (Lipinski definition) is 2. The summed E-state index contributed by atoms with van der Waals surface area (Å²) in [7, 11) is -3.11. The second-order valence-corrected chi connectivity index (χ2v) is 38.2. The molecular formula is C98H89N5Si2. The molecular weight excluding hydrogens is 1300 g/mol. The summed E-state index contributed by atoms with van der Waals surface area (Å²) >= 11 is 0. The lowest BCUT2D eigenvalue weighted by Crippen LogP contribution is -2.29. The van der Waals surface area contributed by atoms with Crippen LogP contribution in [0.5, 0.6) is 0 Å². The Bertz CT molecular complexity index is 5300. The molecule has 12 rings (SSSR count). The van der Waals surface area contributed by atoms with Gasteiger partial charge < -0.3 is 10.6 Å². The van der Waals surface area contributed by atoms with Crippen molar-refractivity contribution in [2.75, 3.05) is 0 Å². The summed E-state index contributed by atoms with van der Waals surface area (Å²) in [6.07, 6.45) is 1.93. The molecule has 514 valence electrons. The predicted molar refractivity (Wildman–Crippen MR) is 450 cm³/mol. The van der Waals surface area contributed by atoms with Crippen LogP contribution in [0.15, 0.2) is 318 Å². The Morgan fingerprint density at radius 1 is 0.314 bits per heavy atom. The molecule has 0 saturated heterocycles. The molecule has 0 bridgehead atoms. The van der Waals surface area contributed by atoms with Gasteiger partial charge in [0.1, 0.15) is 27.8 Å². The third-order valence-corrected chi connectivity index (χ3v) is 19.9. The third kappa shape index (κ3) is 20.2. The summed E-state index contributed by atoms with van der Waals surface area (Å²) < 4.78 is 0. The minimum atomic E-state index is -1.56. The Morgan fingerprint density at radius 2 is 0.590 bits per heavy atom. The molecule has 5 nitrogen and oxygen atoms in total. The molecule has 4 atom stereocenters. The highest BCUT2D eigenvalue weighted by Crippen LogP contribution is 2.38. The van der Waals surface area contributed by atoms with Gasteiger partial charge in [-0.1, -0.05) is 305 Å². The van der Waals surface area contributed by atoms with Crippen LogP contribution in [0, 0.1) is 46.6 Å². The molecule has 12 aromatic rings. The Hall–Kier alpha value is -12.1. The molecule has 0 aromatic heterocycles. The van der Waals surface area contributed by atoms with Gasteiger partial charge in [-0.25, -0.2) is 0 Å². The second-order valence-electron chi connectivity index (χ2n) is 28.7. The van der Waals surface area contributed by atoms with E-state index in [0.717, 1.165) is 123 Å². The molecule has 12 aromatic carbocycles. The number of amidine groups is 2. The first-order valence-electron chi connectivity index (χ1n) is 36.3. The Kier molecular flexibility index (Phi) is 23.7. The van der Waals surface area contributed by atoms with Crippen molar-refractivity contribution < 1.29 is 0 Å². The largest absolute Gasteiger partial charge is 0.363 e. The van der Waals surface area contributed by atoms with Gasteiger partial charge in [0.25, 0.3) is 0 Å². The summed E-state index contributed by atoms with van der Waals surface area (Å²) in [4.78, 5) is 15.9. The van der Waals surface area contributed by atoms with Crippen molar-refractivity contribution in [2.45, 2.75) is 97.7 Å². The lowest BCUT2D eigenvalue weighted by molar-refractivity contribution is 0.703. The fourth-order valence-corrected chi connectivity index (χ4v) is 13.4. The number of nitrogens with zero attached hydrogens (tertiary/aromatic N) is 3. The molecule has 0 radical (unpaired) electrons. The average molecular weight is 1390 g/mol. The first kappa shape index (κ1) is 72.7. The number of benzene rings is 12.